The Morgan fingerprint density at radius 3 is 2.53 bits per heavy atom. The minimum atomic E-state index is -0.287. The minimum absolute atomic E-state index is 0.283. The molecule has 1 aliphatic rings. The molecule has 5 N–H and O–H groups in total. The molecule has 6 heteroatoms. The zero-order valence-corrected chi connectivity index (χ0v) is 7.94. The Labute approximate surface area is 85.9 Å². The number of hydrogen-bond donors (Lipinski definition) is 3. The normalized spacial score (nSPS) is 15.9. The Kier molecular flexibility index (Phi) is 2.24. The molecule has 2 rings (SSSR count). The van der Waals surface area contributed by atoms with Crippen molar-refractivity contribution in [3.8, 4) is 0 Å². The molecule has 0 spiro atoms. The molecular formula is C9H11FN5+. The van der Waals surface area contributed by atoms with Gasteiger partial charge in [0.2, 0.25) is 0 Å². The van der Waals surface area contributed by atoms with E-state index < -0.39 is 0 Å². The fourth-order valence-electron chi connectivity index (χ4n) is 1.30. The fourth-order valence-corrected chi connectivity index (χ4v) is 1.30. The molecule has 1 aromatic carbocycles. The Balaban J connectivity index is 2.32. The van der Waals surface area contributed by atoms with Crippen molar-refractivity contribution >= 4 is 17.6 Å². The van der Waals surface area contributed by atoms with Gasteiger partial charge in [-0.1, -0.05) is 0 Å². The van der Waals surface area contributed by atoms with E-state index in [4.69, 9.17) is 11.5 Å². The van der Waals surface area contributed by atoms with E-state index in [9.17, 15) is 4.39 Å². The summed E-state index contributed by atoms with van der Waals surface area (Å²) in [6.07, 6.45) is 0. The summed E-state index contributed by atoms with van der Waals surface area (Å²) in [5.41, 5.74) is 11.9. The van der Waals surface area contributed by atoms with Gasteiger partial charge in [0.05, 0.1) is 0 Å². The van der Waals surface area contributed by atoms with Crippen LogP contribution in [0.1, 0.15) is 0 Å². The van der Waals surface area contributed by atoms with Gasteiger partial charge in [-0.05, 0) is 24.3 Å². The van der Waals surface area contributed by atoms with Crippen LogP contribution < -0.4 is 16.8 Å². The maximum atomic E-state index is 12.7. The van der Waals surface area contributed by atoms with Crippen LogP contribution in [-0.4, -0.2) is 23.2 Å². The summed E-state index contributed by atoms with van der Waals surface area (Å²) in [5.74, 6) is 0.380. The highest BCUT2D eigenvalue weighted by Gasteiger charge is 2.16. The molecule has 78 valence electrons. The van der Waals surface area contributed by atoms with Crippen LogP contribution in [0.15, 0.2) is 29.3 Å². The molecule has 0 radical (unpaired) electrons. The summed E-state index contributed by atoms with van der Waals surface area (Å²) in [6.45, 7) is 0.330. The van der Waals surface area contributed by atoms with Gasteiger partial charge < -0.3 is 5.73 Å². The zero-order chi connectivity index (χ0) is 10.8. The van der Waals surface area contributed by atoms with Gasteiger partial charge in [0.25, 0.3) is 5.96 Å². The molecule has 0 bridgehead atoms. The molecule has 1 heterocycles. The van der Waals surface area contributed by atoms with Crippen LogP contribution in [0.3, 0.4) is 0 Å². The first-order valence-corrected chi connectivity index (χ1v) is 4.39. The van der Waals surface area contributed by atoms with Crippen LogP contribution in [0.5, 0.6) is 0 Å². The van der Waals surface area contributed by atoms with Crippen molar-refractivity contribution in [2.45, 2.75) is 0 Å². The summed E-state index contributed by atoms with van der Waals surface area (Å²) in [5, 5.41) is 2.70. The molecular weight excluding hydrogens is 197 g/mol. The Hall–Kier alpha value is -2.11. The summed E-state index contributed by atoms with van der Waals surface area (Å²) in [4.78, 5) is 3.98. The molecule has 5 nitrogen and oxygen atoms in total. The fraction of sp³-hybridized carbons (Fsp3) is 0.111. The summed E-state index contributed by atoms with van der Waals surface area (Å²) in [6, 6.07) is 5.98. The Morgan fingerprint density at radius 2 is 1.93 bits per heavy atom. The van der Waals surface area contributed by atoms with E-state index in [-0.39, 0.29) is 11.8 Å². The third-order valence-corrected chi connectivity index (χ3v) is 2.07. The predicted molar refractivity (Wildman–Crippen MR) is 55.1 cm³/mol. The van der Waals surface area contributed by atoms with Gasteiger partial charge >= 0.3 is 5.96 Å². The van der Waals surface area contributed by atoms with Gasteiger partial charge in [-0.15, -0.1) is 0 Å². The lowest BCUT2D eigenvalue weighted by Gasteiger charge is -2.13. The van der Waals surface area contributed by atoms with E-state index in [1.807, 2.05) is 0 Å². The average Bonchev–Trinajstić information content (AvgIpc) is 2.20. The number of rotatable bonds is 1. The summed E-state index contributed by atoms with van der Waals surface area (Å²) >= 11 is 0. The Morgan fingerprint density at radius 1 is 1.27 bits per heavy atom. The molecule has 0 saturated heterocycles. The molecule has 0 aromatic heterocycles. The second-order valence-electron chi connectivity index (χ2n) is 3.10. The predicted octanol–water partition coefficient (Wildman–Crippen LogP) is -0.340. The molecule has 0 amide bonds. The molecule has 1 aliphatic heterocycles. The largest absolute Gasteiger partial charge is 0.357 e. The number of nitrogens with one attached hydrogen (secondary N) is 1. The van der Waals surface area contributed by atoms with E-state index in [0.717, 1.165) is 5.69 Å². The maximum Gasteiger partial charge on any atom is 0.357 e. The van der Waals surface area contributed by atoms with E-state index in [2.05, 4.69) is 10.3 Å². The SMILES string of the molecule is NC1=NC[N+](c2ccc(F)cc2)=C(N)N1. The lowest BCUT2D eigenvalue weighted by Crippen LogP contribution is -2.49. The van der Waals surface area contributed by atoms with Crippen LogP contribution in [0, 0.1) is 5.82 Å². The number of nitrogens with two attached hydrogens (primary N) is 2. The first kappa shape index (κ1) is 9.45. The highest BCUT2D eigenvalue weighted by atomic mass is 19.1. The van der Waals surface area contributed by atoms with Crippen molar-refractivity contribution in [2.75, 3.05) is 6.67 Å². The van der Waals surface area contributed by atoms with Crippen molar-refractivity contribution in [1.82, 2.24) is 5.32 Å². The molecule has 0 atom stereocenters. The number of halogens is 1. The summed E-state index contributed by atoms with van der Waals surface area (Å²) in [7, 11) is 0. The summed E-state index contributed by atoms with van der Waals surface area (Å²) < 4.78 is 14.4. The van der Waals surface area contributed by atoms with E-state index in [1.54, 1.807) is 16.7 Å². The lowest BCUT2D eigenvalue weighted by atomic mass is 10.3. The van der Waals surface area contributed by atoms with Crippen molar-refractivity contribution in [3.63, 3.8) is 0 Å². The van der Waals surface area contributed by atoms with Crippen LogP contribution in [0.2, 0.25) is 0 Å². The number of hydrogen-bond acceptors (Lipinski definition) is 4. The van der Waals surface area contributed by atoms with Gasteiger partial charge in [0, 0.05) is 0 Å². The van der Waals surface area contributed by atoms with E-state index >= 15 is 0 Å². The smallest absolute Gasteiger partial charge is 0.357 e. The van der Waals surface area contributed by atoms with Crippen molar-refractivity contribution in [2.24, 2.45) is 16.5 Å². The van der Waals surface area contributed by atoms with Gasteiger partial charge in [-0.25, -0.2) is 19.3 Å². The monoisotopic (exact) mass is 208 g/mol. The maximum absolute atomic E-state index is 12.7. The van der Waals surface area contributed by atoms with E-state index in [0.29, 0.717) is 12.6 Å². The van der Waals surface area contributed by atoms with Crippen LogP contribution in [0.4, 0.5) is 10.1 Å². The average molecular weight is 208 g/mol. The highest BCUT2D eigenvalue weighted by molar-refractivity contribution is 5.96. The second-order valence-corrected chi connectivity index (χ2v) is 3.10. The quantitative estimate of drug-likeness (QED) is 0.552. The van der Waals surface area contributed by atoms with Crippen molar-refractivity contribution < 1.29 is 8.97 Å². The van der Waals surface area contributed by atoms with Gasteiger partial charge in [0.1, 0.15) is 11.5 Å². The number of guanidine groups is 2. The third-order valence-electron chi connectivity index (χ3n) is 2.07. The van der Waals surface area contributed by atoms with E-state index in [1.165, 1.54) is 12.1 Å². The first-order valence-electron chi connectivity index (χ1n) is 4.39. The molecule has 0 unspecified atom stereocenters. The molecule has 15 heavy (non-hydrogen) atoms. The van der Waals surface area contributed by atoms with Crippen LogP contribution in [-0.2, 0) is 0 Å². The van der Waals surface area contributed by atoms with Crippen LogP contribution in [0.25, 0.3) is 0 Å². The lowest BCUT2D eigenvalue weighted by molar-refractivity contribution is -0.443. The highest BCUT2D eigenvalue weighted by Crippen LogP contribution is 2.12. The zero-order valence-electron chi connectivity index (χ0n) is 7.94. The first-order chi connectivity index (χ1) is 7.16. The van der Waals surface area contributed by atoms with Gasteiger partial charge in [-0.3, -0.25) is 5.73 Å². The molecule has 0 fully saturated rings. The second kappa shape index (κ2) is 3.56. The topological polar surface area (TPSA) is 79.4 Å². The number of benzene rings is 1. The van der Waals surface area contributed by atoms with Crippen molar-refractivity contribution in [3.05, 3.63) is 30.1 Å². The Bertz CT molecular complexity index is 434. The molecule has 0 aliphatic carbocycles. The number of nitrogens with zero attached hydrogens (tertiary/aromatic N) is 2. The van der Waals surface area contributed by atoms with Gasteiger partial charge in [0.15, 0.2) is 6.67 Å². The van der Waals surface area contributed by atoms with Gasteiger partial charge in [-0.2, -0.15) is 0 Å². The van der Waals surface area contributed by atoms with Crippen LogP contribution >= 0.6 is 0 Å². The van der Waals surface area contributed by atoms with Crippen molar-refractivity contribution in [1.29, 1.82) is 0 Å². The molecule has 1 aromatic rings. The number of aliphatic imine (C=N–C) groups is 1. The minimum Gasteiger partial charge on any atom is -0.357 e. The third kappa shape index (κ3) is 1.88. The standard InChI is InChI=1S/C9H10FN5/c10-6-1-3-7(4-2-6)15-5-13-8(11)14-9(15)12/h1-4H,5H2,(H4,11,12,13,14)/p+1. The molecule has 0 saturated carbocycles.